The molecule has 1 aliphatic rings. The summed E-state index contributed by atoms with van der Waals surface area (Å²) in [5.41, 5.74) is 3.25. The zero-order chi connectivity index (χ0) is 21.3. The first-order chi connectivity index (χ1) is 14.5. The quantitative estimate of drug-likeness (QED) is 0.597. The Morgan fingerprint density at radius 1 is 1.23 bits per heavy atom. The summed E-state index contributed by atoms with van der Waals surface area (Å²) in [5.74, 6) is 0.0300. The van der Waals surface area contributed by atoms with Crippen LogP contribution in [0.4, 0.5) is 11.4 Å². The van der Waals surface area contributed by atoms with E-state index in [4.69, 9.17) is 11.6 Å². The molecule has 1 aliphatic heterocycles. The Bertz CT molecular complexity index is 1110. The molecular formula is C22H21ClN4O2S. The summed E-state index contributed by atoms with van der Waals surface area (Å²) in [4.78, 5) is 31.5. The van der Waals surface area contributed by atoms with Crippen molar-refractivity contribution in [2.45, 2.75) is 31.5 Å². The van der Waals surface area contributed by atoms with E-state index in [-0.39, 0.29) is 30.0 Å². The number of imidazole rings is 1. The smallest absolute Gasteiger partial charge is 0.237 e. The predicted molar refractivity (Wildman–Crippen MR) is 121 cm³/mol. The molecule has 0 bridgehead atoms. The molecule has 2 heterocycles. The molecular weight excluding hydrogens is 420 g/mol. The summed E-state index contributed by atoms with van der Waals surface area (Å²) >= 11 is 7.63. The molecule has 0 spiro atoms. The first kappa shape index (κ1) is 20.5. The number of carbonyl (C=O) groups excluding carboxylic acids is 2. The molecule has 154 valence electrons. The fourth-order valence-corrected chi connectivity index (χ4v) is 4.60. The summed E-state index contributed by atoms with van der Waals surface area (Å²) in [6.07, 6.45) is 3.82. The van der Waals surface area contributed by atoms with Crippen molar-refractivity contribution >= 4 is 46.6 Å². The van der Waals surface area contributed by atoms with E-state index in [0.29, 0.717) is 15.9 Å². The van der Waals surface area contributed by atoms with Crippen LogP contribution in [0.2, 0.25) is 5.02 Å². The molecule has 0 saturated heterocycles. The first-order valence-corrected chi connectivity index (χ1v) is 10.9. The van der Waals surface area contributed by atoms with E-state index in [1.165, 1.54) is 11.8 Å². The number of hydrogen-bond acceptors (Lipinski definition) is 4. The van der Waals surface area contributed by atoms with Crippen LogP contribution in [0.1, 0.15) is 18.9 Å². The highest BCUT2D eigenvalue weighted by Gasteiger charge is 2.29. The average Bonchev–Trinajstić information content (AvgIpc) is 3.13. The summed E-state index contributed by atoms with van der Waals surface area (Å²) in [6, 6.07) is 12.9. The van der Waals surface area contributed by atoms with Gasteiger partial charge in [0.15, 0.2) is 5.16 Å². The molecule has 8 heteroatoms. The lowest BCUT2D eigenvalue weighted by molar-refractivity contribution is -0.117. The second kappa shape index (κ2) is 8.53. The monoisotopic (exact) mass is 440 g/mol. The Labute approximate surface area is 184 Å². The topological polar surface area (TPSA) is 67.2 Å². The molecule has 1 unspecified atom stereocenters. The van der Waals surface area contributed by atoms with Gasteiger partial charge in [0.25, 0.3) is 0 Å². The minimum absolute atomic E-state index is 0.0752. The van der Waals surface area contributed by atoms with Crippen LogP contribution in [-0.2, 0) is 9.59 Å². The zero-order valence-corrected chi connectivity index (χ0v) is 18.2. The van der Waals surface area contributed by atoms with E-state index < -0.39 is 0 Å². The van der Waals surface area contributed by atoms with Gasteiger partial charge in [-0.25, -0.2) is 4.98 Å². The van der Waals surface area contributed by atoms with Gasteiger partial charge in [0.2, 0.25) is 11.8 Å². The van der Waals surface area contributed by atoms with E-state index in [9.17, 15) is 9.59 Å². The highest BCUT2D eigenvalue weighted by Crippen LogP contribution is 2.33. The highest BCUT2D eigenvalue weighted by atomic mass is 35.5. The maximum absolute atomic E-state index is 13.2. The molecule has 1 atom stereocenters. The molecule has 30 heavy (non-hydrogen) atoms. The normalized spacial score (nSPS) is 16.0. The molecule has 2 aromatic carbocycles. The van der Waals surface area contributed by atoms with E-state index in [0.717, 1.165) is 16.9 Å². The minimum Gasteiger partial charge on any atom is -0.324 e. The number of thioether (sulfide) groups is 1. The first-order valence-electron chi connectivity index (χ1n) is 9.58. The standard InChI is InChI=1S/C22H21ClN4O2S/c1-14-12-20(28)25-17-7-3-4-8-19(17)27(14)21(29)13-30-22-24-10-11-26(22)18-9-5-6-16(23)15(18)2/h3-11,14H,12-13H2,1-2H3,(H,25,28). The van der Waals surface area contributed by atoms with Crippen LogP contribution in [0.3, 0.4) is 0 Å². The number of aromatic nitrogens is 2. The number of fused-ring (bicyclic) bond motifs is 1. The fourth-order valence-electron chi connectivity index (χ4n) is 3.60. The Kier molecular flexibility index (Phi) is 5.83. The van der Waals surface area contributed by atoms with E-state index >= 15 is 0 Å². The molecule has 3 aromatic rings. The van der Waals surface area contributed by atoms with Crippen LogP contribution >= 0.6 is 23.4 Å². The van der Waals surface area contributed by atoms with Crippen molar-refractivity contribution in [2.24, 2.45) is 0 Å². The van der Waals surface area contributed by atoms with Crippen molar-refractivity contribution in [3.8, 4) is 5.69 Å². The number of halogens is 1. The number of nitrogens with one attached hydrogen (secondary N) is 1. The lowest BCUT2D eigenvalue weighted by atomic mass is 10.2. The van der Waals surface area contributed by atoms with Gasteiger partial charge in [0.05, 0.1) is 22.8 Å². The number of carbonyl (C=O) groups is 2. The summed E-state index contributed by atoms with van der Waals surface area (Å²) in [6.45, 7) is 3.84. The Morgan fingerprint density at radius 2 is 2.00 bits per heavy atom. The van der Waals surface area contributed by atoms with E-state index in [2.05, 4.69) is 10.3 Å². The summed E-state index contributed by atoms with van der Waals surface area (Å²) in [5, 5.41) is 4.27. The van der Waals surface area contributed by atoms with E-state index in [1.807, 2.05) is 67.1 Å². The third-order valence-electron chi connectivity index (χ3n) is 5.06. The Morgan fingerprint density at radius 3 is 2.83 bits per heavy atom. The number of nitrogens with zero attached hydrogens (tertiary/aromatic N) is 3. The molecule has 4 rings (SSSR count). The summed E-state index contributed by atoms with van der Waals surface area (Å²) in [7, 11) is 0. The average molecular weight is 441 g/mol. The zero-order valence-electron chi connectivity index (χ0n) is 16.6. The van der Waals surface area contributed by atoms with Gasteiger partial charge >= 0.3 is 0 Å². The van der Waals surface area contributed by atoms with E-state index in [1.54, 1.807) is 11.1 Å². The van der Waals surface area contributed by atoms with Gasteiger partial charge in [0.1, 0.15) is 0 Å². The number of rotatable bonds is 4. The van der Waals surface area contributed by atoms with Crippen molar-refractivity contribution in [3.05, 3.63) is 65.4 Å². The second-order valence-corrected chi connectivity index (χ2v) is 8.48. The Balaban J connectivity index is 1.57. The van der Waals surface area contributed by atoms with Crippen LogP contribution in [0.15, 0.2) is 60.0 Å². The molecule has 0 fully saturated rings. The van der Waals surface area contributed by atoms with Crippen molar-refractivity contribution in [1.82, 2.24) is 9.55 Å². The van der Waals surface area contributed by atoms with Gasteiger partial charge in [0, 0.05) is 29.9 Å². The predicted octanol–water partition coefficient (Wildman–Crippen LogP) is 4.69. The maximum atomic E-state index is 13.2. The third-order valence-corrected chi connectivity index (χ3v) is 6.42. The fraction of sp³-hybridized carbons (Fsp3) is 0.227. The van der Waals surface area contributed by atoms with Gasteiger partial charge < -0.3 is 10.2 Å². The lowest BCUT2D eigenvalue weighted by Crippen LogP contribution is -2.40. The Hall–Kier alpha value is -2.77. The van der Waals surface area contributed by atoms with Gasteiger partial charge in [-0.3, -0.25) is 14.2 Å². The van der Waals surface area contributed by atoms with Gasteiger partial charge in [-0.15, -0.1) is 0 Å². The summed E-state index contributed by atoms with van der Waals surface area (Å²) < 4.78 is 1.93. The van der Waals surface area contributed by atoms with Crippen molar-refractivity contribution in [3.63, 3.8) is 0 Å². The number of hydrogen-bond donors (Lipinski definition) is 1. The van der Waals surface area contributed by atoms with Crippen molar-refractivity contribution < 1.29 is 9.59 Å². The molecule has 0 radical (unpaired) electrons. The van der Waals surface area contributed by atoms with Crippen LogP contribution < -0.4 is 10.2 Å². The van der Waals surface area contributed by atoms with Crippen molar-refractivity contribution in [2.75, 3.05) is 16.0 Å². The number of amides is 2. The number of anilines is 2. The maximum Gasteiger partial charge on any atom is 0.237 e. The number of para-hydroxylation sites is 2. The highest BCUT2D eigenvalue weighted by molar-refractivity contribution is 7.99. The van der Waals surface area contributed by atoms with Crippen LogP contribution in [-0.4, -0.2) is 33.2 Å². The van der Waals surface area contributed by atoms with Crippen LogP contribution in [0.5, 0.6) is 0 Å². The molecule has 0 aliphatic carbocycles. The van der Waals surface area contributed by atoms with Crippen LogP contribution in [0, 0.1) is 6.92 Å². The largest absolute Gasteiger partial charge is 0.324 e. The lowest BCUT2D eigenvalue weighted by Gasteiger charge is -2.27. The molecule has 1 aromatic heterocycles. The van der Waals surface area contributed by atoms with Crippen molar-refractivity contribution in [1.29, 1.82) is 0 Å². The van der Waals surface area contributed by atoms with Gasteiger partial charge in [-0.2, -0.15) is 0 Å². The second-order valence-electron chi connectivity index (χ2n) is 7.13. The minimum atomic E-state index is -0.239. The number of benzene rings is 2. The molecule has 1 N–H and O–H groups in total. The van der Waals surface area contributed by atoms with Gasteiger partial charge in [-0.05, 0) is 43.7 Å². The molecule has 0 saturated carbocycles. The van der Waals surface area contributed by atoms with Gasteiger partial charge in [-0.1, -0.05) is 41.6 Å². The third kappa shape index (κ3) is 3.95. The molecule has 2 amide bonds. The molecule has 6 nitrogen and oxygen atoms in total. The SMILES string of the molecule is Cc1c(Cl)cccc1-n1ccnc1SCC(=O)N1c2ccccc2NC(=O)CC1C. The van der Waals surface area contributed by atoms with Crippen LogP contribution in [0.25, 0.3) is 5.69 Å².